The van der Waals surface area contributed by atoms with Crippen LogP contribution in [0.2, 0.25) is 0 Å². The second kappa shape index (κ2) is 6.09. The van der Waals surface area contributed by atoms with E-state index in [4.69, 9.17) is 11.5 Å². The summed E-state index contributed by atoms with van der Waals surface area (Å²) in [5.41, 5.74) is 11.1. The highest BCUT2D eigenvalue weighted by molar-refractivity contribution is 7.20. The van der Waals surface area contributed by atoms with Crippen LogP contribution in [0.25, 0.3) is 16.2 Å². The normalized spacial score (nSPS) is 18.6. The van der Waals surface area contributed by atoms with Gasteiger partial charge >= 0.3 is 6.18 Å². The minimum absolute atomic E-state index is 0.0927. The van der Waals surface area contributed by atoms with Gasteiger partial charge in [-0.15, -0.1) is 5.10 Å². The van der Waals surface area contributed by atoms with Crippen LogP contribution in [-0.4, -0.2) is 38.7 Å². The van der Waals surface area contributed by atoms with Crippen LogP contribution >= 0.6 is 11.3 Å². The van der Waals surface area contributed by atoms with Crippen LogP contribution in [0.5, 0.6) is 0 Å². The first-order valence-corrected chi connectivity index (χ1v) is 8.83. The van der Waals surface area contributed by atoms with Gasteiger partial charge in [0.05, 0.1) is 17.5 Å². The molecule has 1 fully saturated rings. The van der Waals surface area contributed by atoms with Gasteiger partial charge in [-0.25, -0.2) is 14.5 Å². The zero-order chi connectivity index (χ0) is 18.5. The predicted octanol–water partition coefficient (Wildman–Crippen LogP) is 2.38. The second-order valence-electron chi connectivity index (χ2n) is 6.23. The molecule has 26 heavy (non-hydrogen) atoms. The number of hydrogen-bond acceptors (Lipinski definition) is 7. The molecule has 0 saturated carbocycles. The van der Waals surface area contributed by atoms with Gasteiger partial charge in [-0.1, -0.05) is 11.3 Å². The third-order valence-corrected chi connectivity index (χ3v) is 5.31. The molecule has 3 aromatic rings. The Morgan fingerprint density at radius 2 is 2.04 bits per heavy atom. The summed E-state index contributed by atoms with van der Waals surface area (Å²) in [4.78, 5) is 10.6. The lowest BCUT2D eigenvalue weighted by Gasteiger charge is -2.29. The van der Waals surface area contributed by atoms with Gasteiger partial charge in [0.1, 0.15) is 5.82 Å². The number of aromatic nitrogens is 4. The van der Waals surface area contributed by atoms with Gasteiger partial charge in [0.2, 0.25) is 10.1 Å². The quantitative estimate of drug-likeness (QED) is 0.705. The SMILES string of the molecule is Nc1ncc(-c2cnc3sc(N4CCCC(N)C4)nn23)cc1C(F)(F)F. The number of pyridine rings is 1. The Hall–Kier alpha value is -2.40. The summed E-state index contributed by atoms with van der Waals surface area (Å²) in [6.45, 7) is 1.55. The predicted molar refractivity (Wildman–Crippen MR) is 92.9 cm³/mol. The van der Waals surface area contributed by atoms with E-state index in [-0.39, 0.29) is 11.6 Å². The number of anilines is 2. The highest BCUT2D eigenvalue weighted by atomic mass is 32.1. The molecule has 0 aromatic carbocycles. The van der Waals surface area contributed by atoms with Gasteiger partial charge in [-0.2, -0.15) is 13.2 Å². The minimum atomic E-state index is -4.58. The van der Waals surface area contributed by atoms with Crippen LogP contribution in [0.4, 0.5) is 24.1 Å². The van der Waals surface area contributed by atoms with Crippen LogP contribution in [0.15, 0.2) is 18.5 Å². The highest BCUT2D eigenvalue weighted by Gasteiger charge is 2.34. The smallest absolute Gasteiger partial charge is 0.383 e. The summed E-state index contributed by atoms with van der Waals surface area (Å²) in [5.74, 6) is -0.553. The maximum atomic E-state index is 13.1. The standard InChI is InChI=1S/C15H16F3N7S/c16-15(17,18)10-4-8(5-21-12(10)20)11-6-22-13-25(11)23-14(26-13)24-3-1-2-9(19)7-24/h4-6,9H,1-3,7,19H2,(H2,20,21). The first-order valence-electron chi connectivity index (χ1n) is 8.01. The molecule has 0 amide bonds. The van der Waals surface area contributed by atoms with Gasteiger partial charge in [0.25, 0.3) is 0 Å². The molecule has 0 spiro atoms. The molecule has 4 rings (SSSR count). The summed E-state index contributed by atoms with van der Waals surface area (Å²) < 4.78 is 40.8. The van der Waals surface area contributed by atoms with E-state index in [1.807, 2.05) is 0 Å². The third-order valence-electron chi connectivity index (χ3n) is 4.32. The van der Waals surface area contributed by atoms with E-state index in [0.717, 1.165) is 30.6 Å². The van der Waals surface area contributed by atoms with Gasteiger partial charge in [-0.3, -0.25) is 0 Å². The second-order valence-corrected chi connectivity index (χ2v) is 7.16. The van der Waals surface area contributed by atoms with Gasteiger partial charge in [0.15, 0.2) is 0 Å². The first kappa shape index (κ1) is 17.0. The Morgan fingerprint density at radius 3 is 2.77 bits per heavy atom. The molecule has 4 heterocycles. The van der Waals surface area contributed by atoms with E-state index < -0.39 is 17.6 Å². The largest absolute Gasteiger partial charge is 0.419 e. The molecule has 1 atom stereocenters. The van der Waals surface area contributed by atoms with Crippen molar-refractivity contribution < 1.29 is 13.2 Å². The Bertz CT molecular complexity index is 949. The van der Waals surface area contributed by atoms with Crippen molar-refractivity contribution in [3.8, 4) is 11.3 Å². The number of imidazole rings is 1. The van der Waals surface area contributed by atoms with Crippen LogP contribution < -0.4 is 16.4 Å². The maximum absolute atomic E-state index is 13.1. The van der Waals surface area contributed by atoms with Crippen molar-refractivity contribution in [3.63, 3.8) is 0 Å². The molecule has 1 saturated heterocycles. The van der Waals surface area contributed by atoms with Gasteiger partial charge in [-0.05, 0) is 18.9 Å². The zero-order valence-electron chi connectivity index (χ0n) is 13.6. The zero-order valence-corrected chi connectivity index (χ0v) is 14.4. The Morgan fingerprint density at radius 1 is 1.23 bits per heavy atom. The Kier molecular flexibility index (Phi) is 3.99. The summed E-state index contributed by atoms with van der Waals surface area (Å²) >= 11 is 1.38. The number of alkyl halides is 3. The average molecular weight is 383 g/mol. The van der Waals surface area contributed by atoms with Crippen LogP contribution in [-0.2, 0) is 6.18 Å². The van der Waals surface area contributed by atoms with Crippen molar-refractivity contribution in [2.45, 2.75) is 25.1 Å². The van der Waals surface area contributed by atoms with Crippen LogP contribution in [0.3, 0.4) is 0 Å². The fraction of sp³-hybridized carbons (Fsp3) is 0.400. The highest BCUT2D eigenvalue weighted by Crippen LogP contribution is 2.36. The molecule has 0 aliphatic carbocycles. The van der Waals surface area contributed by atoms with E-state index in [1.54, 1.807) is 0 Å². The topological polar surface area (TPSA) is 98.4 Å². The van der Waals surface area contributed by atoms with Crippen molar-refractivity contribution in [1.82, 2.24) is 19.6 Å². The summed E-state index contributed by atoms with van der Waals surface area (Å²) in [5, 5.41) is 5.28. The van der Waals surface area contributed by atoms with Gasteiger partial charge in [0, 0.05) is 30.9 Å². The average Bonchev–Trinajstić information content (AvgIpc) is 3.15. The minimum Gasteiger partial charge on any atom is -0.383 e. The number of halogens is 3. The van der Waals surface area contributed by atoms with Crippen molar-refractivity contribution in [2.75, 3.05) is 23.7 Å². The van der Waals surface area contributed by atoms with Crippen molar-refractivity contribution >= 4 is 27.2 Å². The third kappa shape index (κ3) is 2.97. The molecular weight excluding hydrogens is 367 g/mol. The molecule has 3 aromatic heterocycles. The van der Waals surface area contributed by atoms with Crippen molar-refractivity contribution in [2.24, 2.45) is 5.73 Å². The summed E-state index contributed by atoms with van der Waals surface area (Å²) in [6.07, 6.45) is 0.157. The molecule has 138 valence electrons. The number of hydrogen-bond donors (Lipinski definition) is 2. The molecule has 1 aliphatic rings. The van der Waals surface area contributed by atoms with Crippen LogP contribution in [0, 0.1) is 0 Å². The molecule has 1 aliphatic heterocycles. The molecule has 11 heteroatoms. The maximum Gasteiger partial charge on any atom is 0.419 e. The fourth-order valence-electron chi connectivity index (χ4n) is 3.03. The number of fused-ring (bicyclic) bond motifs is 1. The monoisotopic (exact) mass is 383 g/mol. The summed E-state index contributed by atoms with van der Waals surface area (Å²) in [7, 11) is 0. The summed E-state index contributed by atoms with van der Waals surface area (Å²) in [6, 6.07) is 1.07. The lowest BCUT2D eigenvalue weighted by atomic mass is 10.1. The molecule has 1 unspecified atom stereocenters. The number of nitrogens with two attached hydrogens (primary N) is 2. The van der Waals surface area contributed by atoms with Gasteiger partial charge < -0.3 is 16.4 Å². The van der Waals surface area contributed by atoms with E-state index in [9.17, 15) is 13.2 Å². The van der Waals surface area contributed by atoms with Crippen molar-refractivity contribution in [1.29, 1.82) is 0 Å². The van der Waals surface area contributed by atoms with E-state index in [1.165, 1.54) is 28.2 Å². The Labute approximate surface area is 150 Å². The number of nitrogen functional groups attached to an aromatic ring is 1. The number of piperidine rings is 1. The fourth-order valence-corrected chi connectivity index (χ4v) is 3.95. The molecule has 0 bridgehead atoms. The molecule has 7 nitrogen and oxygen atoms in total. The van der Waals surface area contributed by atoms with E-state index in [0.29, 0.717) is 17.2 Å². The van der Waals surface area contributed by atoms with E-state index >= 15 is 0 Å². The van der Waals surface area contributed by atoms with Crippen LogP contribution in [0.1, 0.15) is 18.4 Å². The Balaban J connectivity index is 1.74. The van der Waals surface area contributed by atoms with E-state index in [2.05, 4.69) is 20.0 Å². The number of nitrogens with zero attached hydrogens (tertiary/aromatic N) is 5. The molecular formula is C15H16F3N7S. The lowest BCUT2D eigenvalue weighted by Crippen LogP contribution is -2.42. The number of rotatable bonds is 2. The first-order chi connectivity index (χ1) is 12.3. The lowest BCUT2D eigenvalue weighted by molar-refractivity contribution is -0.137. The van der Waals surface area contributed by atoms with Crippen molar-refractivity contribution in [3.05, 3.63) is 24.0 Å². The molecule has 4 N–H and O–H groups in total. The molecule has 0 radical (unpaired) electrons.